The molecule has 0 bridgehead atoms. The van der Waals surface area contributed by atoms with Crippen molar-refractivity contribution in [1.29, 1.82) is 0 Å². The minimum Gasteiger partial charge on any atom is -0.365 e. The average Bonchev–Trinajstić information content (AvgIpc) is 2.51. The molecule has 1 heterocycles. The van der Waals surface area contributed by atoms with Crippen molar-refractivity contribution in [2.75, 3.05) is 6.26 Å². The zero-order valence-corrected chi connectivity index (χ0v) is 17.4. The Balaban J connectivity index is 2.69. The van der Waals surface area contributed by atoms with Gasteiger partial charge in [-0.25, -0.2) is 12.7 Å². The molecule has 0 radical (unpaired) electrons. The molecule has 7 heteroatoms. The number of carbonyl (C=O) groups is 2. The van der Waals surface area contributed by atoms with E-state index in [9.17, 15) is 18.0 Å². The molecule has 1 unspecified atom stereocenters. The Morgan fingerprint density at radius 3 is 2.26 bits per heavy atom. The summed E-state index contributed by atoms with van der Waals surface area (Å²) in [6, 6.07) is 7.44. The van der Waals surface area contributed by atoms with Crippen LogP contribution in [0.4, 0.5) is 0 Å². The minimum absolute atomic E-state index is 0.244. The molecule has 2 amide bonds. The first-order valence-corrected chi connectivity index (χ1v) is 10.9. The van der Waals surface area contributed by atoms with Crippen LogP contribution in [-0.2, 0) is 19.6 Å². The first-order chi connectivity index (χ1) is 12.4. The fraction of sp³-hybridized carbons (Fsp3) is 0.500. The first kappa shape index (κ1) is 21.2. The van der Waals surface area contributed by atoms with Crippen molar-refractivity contribution >= 4 is 27.4 Å². The molecule has 1 aromatic carbocycles. The van der Waals surface area contributed by atoms with Crippen LogP contribution in [0.1, 0.15) is 51.2 Å². The fourth-order valence-corrected chi connectivity index (χ4v) is 4.96. The van der Waals surface area contributed by atoms with E-state index in [1.807, 2.05) is 45.0 Å². The monoisotopic (exact) mass is 392 g/mol. The first-order valence-electron chi connectivity index (χ1n) is 9.01. The van der Waals surface area contributed by atoms with E-state index < -0.39 is 27.4 Å². The molecule has 2 rings (SSSR count). The van der Waals surface area contributed by atoms with Crippen LogP contribution in [-0.4, -0.2) is 36.3 Å². The number of hydrogen-bond donors (Lipinski definition) is 1. The average molecular weight is 393 g/mol. The number of rotatable bonds is 6. The molecule has 6 nitrogen and oxygen atoms in total. The number of primary amides is 1. The topological polar surface area (TPSA) is 97.5 Å². The smallest absolute Gasteiger partial charge is 0.273 e. The highest BCUT2D eigenvalue weighted by Gasteiger charge is 2.48. The molecule has 1 aliphatic rings. The maximum Gasteiger partial charge on any atom is 0.273 e. The number of nitrogens with two attached hydrogens (primary N) is 1. The maximum absolute atomic E-state index is 13.1. The van der Waals surface area contributed by atoms with Gasteiger partial charge in [-0.1, -0.05) is 43.7 Å². The largest absolute Gasteiger partial charge is 0.365 e. The van der Waals surface area contributed by atoms with Gasteiger partial charge in [0.15, 0.2) is 0 Å². The van der Waals surface area contributed by atoms with Crippen LogP contribution in [0.3, 0.4) is 0 Å². The van der Waals surface area contributed by atoms with Crippen molar-refractivity contribution in [1.82, 2.24) is 4.31 Å². The number of benzene rings is 1. The van der Waals surface area contributed by atoms with Gasteiger partial charge in [0.25, 0.3) is 11.8 Å². The van der Waals surface area contributed by atoms with Gasteiger partial charge in [0.1, 0.15) is 5.57 Å². The Morgan fingerprint density at radius 1 is 1.26 bits per heavy atom. The lowest BCUT2D eigenvalue weighted by Gasteiger charge is -2.44. The van der Waals surface area contributed by atoms with Crippen LogP contribution >= 0.6 is 0 Å². The number of amides is 2. The summed E-state index contributed by atoms with van der Waals surface area (Å²) >= 11 is 0. The van der Waals surface area contributed by atoms with Crippen LogP contribution in [0.5, 0.6) is 0 Å². The summed E-state index contributed by atoms with van der Waals surface area (Å²) in [4.78, 5) is 25.2. The second kappa shape index (κ2) is 7.46. The van der Waals surface area contributed by atoms with Crippen molar-refractivity contribution in [3.8, 4) is 0 Å². The number of aryl methyl sites for hydroxylation is 1. The third-order valence-corrected chi connectivity index (χ3v) is 6.26. The second-order valence-corrected chi connectivity index (χ2v) is 9.85. The van der Waals surface area contributed by atoms with Gasteiger partial charge >= 0.3 is 0 Å². The van der Waals surface area contributed by atoms with Gasteiger partial charge in [0.2, 0.25) is 10.0 Å². The molecule has 2 N–H and O–H groups in total. The van der Waals surface area contributed by atoms with E-state index >= 15 is 0 Å². The molecule has 0 aliphatic carbocycles. The second-order valence-electron chi connectivity index (χ2n) is 8.02. The van der Waals surface area contributed by atoms with Gasteiger partial charge < -0.3 is 5.73 Å². The summed E-state index contributed by atoms with van der Waals surface area (Å²) in [5.74, 6) is -1.39. The van der Waals surface area contributed by atoms with Crippen LogP contribution in [0.15, 0.2) is 29.8 Å². The predicted molar refractivity (Wildman–Crippen MR) is 106 cm³/mol. The number of hydrogen-bond acceptors (Lipinski definition) is 4. The summed E-state index contributed by atoms with van der Waals surface area (Å²) in [5, 5.41) is 0. The Morgan fingerprint density at radius 2 is 1.81 bits per heavy atom. The molecule has 0 spiro atoms. The molecule has 0 saturated heterocycles. The molecule has 148 valence electrons. The van der Waals surface area contributed by atoms with Gasteiger partial charge in [-0.15, -0.1) is 0 Å². The zero-order valence-electron chi connectivity index (χ0n) is 16.6. The highest BCUT2D eigenvalue weighted by molar-refractivity contribution is 7.89. The third kappa shape index (κ3) is 4.40. The lowest BCUT2D eigenvalue weighted by molar-refractivity contribution is -0.129. The van der Waals surface area contributed by atoms with E-state index in [4.69, 9.17) is 5.73 Å². The summed E-state index contributed by atoms with van der Waals surface area (Å²) < 4.78 is 25.7. The number of nitrogens with zero attached hydrogens (tertiary/aromatic N) is 1. The molecule has 1 atom stereocenters. The normalized spacial score (nSPS) is 21.1. The Bertz CT molecular complexity index is 885. The molecule has 0 fully saturated rings. The fourth-order valence-electron chi connectivity index (χ4n) is 3.61. The standard InChI is InChI=1S/C20H28N2O4S/c1-13(2)10-11-20(4)12-16(15-8-6-14(3)7-9-15)17(18(21)23)19(24)22(20)27(5,25)26/h6-9,13H,10-12H2,1-5H3,(H2,21,23). The van der Waals surface area contributed by atoms with E-state index in [0.717, 1.165) is 22.5 Å². The van der Waals surface area contributed by atoms with Gasteiger partial charge in [-0.2, -0.15) is 0 Å². The molecule has 27 heavy (non-hydrogen) atoms. The maximum atomic E-state index is 13.1. The van der Waals surface area contributed by atoms with Gasteiger partial charge in [-0.05, 0) is 50.2 Å². The van der Waals surface area contributed by atoms with Crippen molar-refractivity contribution in [3.63, 3.8) is 0 Å². The minimum atomic E-state index is -3.87. The van der Waals surface area contributed by atoms with E-state index in [-0.39, 0.29) is 12.0 Å². The molecule has 1 aromatic rings. The molecular formula is C20H28N2O4S. The SMILES string of the molecule is Cc1ccc(C2=C(C(N)=O)C(=O)N(S(C)(=O)=O)C(C)(CCC(C)C)C2)cc1. The van der Waals surface area contributed by atoms with Crippen molar-refractivity contribution < 1.29 is 18.0 Å². The van der Waals surface area contributed by atoms with Crippen molar-refractivity contribution in [3.05, 3.63) is 41.0 Å². The van der Waals surface area contributed by atoms with Crippen molar-refractivity contribution in [2.24, 2.45) is 11.7 Å². The van der Waals surface area contributed by atoms with E-state index in [1.54, 1.807) is 6.92 Å². The summed E-state index contributed by atoms with van der Waals surface area (Å²) in [6.45, 7) is 7.80. The highest BCUT2D eigenvalue weighted by atomic mass is 32.2. The van der Waals surface area contributed by atoms with E-state index in [1.165, 1.54) is 0 Å². The molecule has 1 aliphatic heterocycles. The molecule has 0 saturated carbocycles. The summed E-state index contributed by atoms with van der Waals surface area (Å²) in [6.07, 6.45) is 2.50. The lowest BCUT2D eigenvalue weighted by Crippen LogP contribution is -2.57. The highest BCUT2D eigenvalue weighted by Crippen LogP contribution is 2.42. The van der Waals surface area contributed by atoms with Gasteiger partial charge in [-0.3, -0.25) is 9.59 Å². The van der Waals surface area contributed by atoms with Crippen LogP contribution < -0.4 is 5.73 Å². The third-order valence-electron chi connectivity index (χ3n) is 4.99. The van der Waals surface area contributed by atoms with Crippen molar-refractivity contribution in [2.45, 2.75) is 52.5 Å². The number of carbonyl (C=O) groups excluding carboxylic acids is 2. The lowest BCUT2D eigenvalue weighted by atomic mass is 9.78. The Kier molecular flexibility index (Phi) is 5.85. The Labute approximate surface area is 161 Å². The van der Waals surface area contributed by atoms with Gasteiger partial charge in [0, 0.05) is 0 Å². The van der Waals surface area contributed by atoms with Crippen LogP contribution in [0.25, 0.3) is 5.57 Å². The predicted octanol–water partition coefficient (Wildman–Crippen LogP) is 2.62. The summed E-state index contributed by atoms with van der Waals surface area (Å²) in [5.41, 5.74) is 6.57. The quantitative estimate of drug-likeness (QED) is 0.753. The Hall–Kier alpha value is -2.15. The van der Waals surface area contributed by atoms with E-state index in [0.29, 0.717) is 23.5 Å². The molecular weight excluding hydrogens is 364 g/mol. The van der Waals surface area contributed by atoms with Crippen LogP contribution in [0.2, 0.25) is 0 Å². The zero-order chi connectivity index (χ0) is 20.6. The van der Waals surface area contributed by atoms with E-state index in [2.05, 4.69) is 0 Å². The number of sulfonamides is 1. The molecule has 0 aromatic heterocycles. The van der Waals surface area contributed by atoms with Gasteiger partial charge in [0.05, 0.1) is 11.8 Å². The van der Waals surface area contributed by atoms with Crippen LogP contribution in [0, 0.1) is 12.8 Å². The summed E-state index contributed by atoms with van der Waals surface area (Å²) in [7, 11) is -3.87.